The van der Waals surface area contributed by atoms with Crippen LogP contribution in [0.2, 0.25) is 0 Å². The van der Waals surface area contributed by atoms with E-state index in [1.165, 1.54) is 0 Å². The molecule has 0 bridgehead atoms. The van der Waals surface area contributed by atoms with Crippen LogP contribution < -0.4 is 0 Å². The molecule has 0 amide bonds. The van der Waals surface area contributed by atoms with E-state index in [9.17, 15) is 0 Å². The molecule has 4 nitrogen and oxygen atoms in total. The summed E-state index contributed by atoms with van der Waals surface area (Å²) in [6.45, 7) is 3.62. The van der Waals surface area contributed by atoms with E-state index < -0.39 is 0 Å². The number of ether oxygens (including phenoxy) is 1. The van der Waals surface area contributed by atoms with Gasteiger partial charge in [-0.3, -0.25) is 5.10 Å². The molecule has 0 unspecified atom stereocenters. The standard InChI is InChI=1S/C8H13N3O/c1-6-9-8(11-10-6)7-2-4-12-5-3-7/h7H,2-5H2,1H3,(H,9,10,11). The quantitative estimate of drug-likeness (QED) is 0.679. The summed E-state index contributed by atoms with van der Waals surface area (Å²) in [7, 11) is 0. The molecule has 1 aliphatic heterocycles. The fourth-order valence-corrected chi connectivity index (χ4v) is 1.50. The molecule has 66 valence electrons. The van der Waals surface area contributed by atoms with E-state index in [0.717, 1.165) is 37.7 Å². The third-order valence-electron chi connectivity index (χ3n) is 2.20. The molecule has 1 aliphatic rings. The van der Waals surface area contributed by atoms with Crippen LogP contribution in [0.25, 0.3) is 0 Å². The second kappa shape index (κ2) is 3.23. The van der Waals surface area contributed by atoms with Gasteiger partial charge in [0.2, 0.25) is 0 Å². The first kappa shape index (κ1) is 7.73. The average Bonchev–Trinajstić information content (AvgIpc) is 2.54. The maximum Gasteiger partial charge on any atom is 0.153 e. The van der Waals surface area contributed by atoms with Gasteiger partial charge in [-0.2, -0.15) is 5.10 Å². The molecule has 0 aliphatic carbocycles. The number of rotatable bonds is 1. The highest BCUT2D eigenvalue weighted by atomic mass is 16.5. The molecule has 0 spiro atoms. The average molecular weight is 167 g/mol. The highest BCUT2D eigenvalue weighted by molar-refractivity contribution is 4.97. The molecule has 0 atom stereocenters. The van der Waals surface area contributed by atoms with Crippen molar-refractivity contribution in [2.24, 2.45) is 0 Å². The van der Waals surface area contributed by atoms with Crippen LogP contribution in [0.1, 0.15) is 30.4 Å². The van der Waals surface area contributed by atoms with E-state index >= 15 is 0 Å². The van der Waals surface area contributed by atoms with Gasteiger partial charge in [0.25, 0.3) is 0 Å². The summed E-state index contributed by atoms with van der Waals surface area (Å²) in [4.78, 5) is 4.31. The predicted molar refractivity (Wildman–Crippen MR) is 43.9 cm³/mol. The molecule has 1 N–H and O–H groups in total. The first-order valence-corrected chi connectivity index (χ1v) is 4.33. The largest absolute Gasteiger partial charge is 0.381 e. The third kappa shape index (κ3) is 1.48. The number of hydrogen-bond acceptors (Lipinski definition) is 3. The van der Waals surface area contributed by atoms with Crippen molar-refractivity contribution in [2.75, 3.05) is 13.2 Å². The fraction of sp³-hybridized carbons (Fsp3) is 0.750. The second-order valence-electron chi connectivity index (χ2n) is 3.17. The minimum Gasteiger partial charge on any atom is -0.381 e. The number of nitrogens with zero attached hydrogens (tertiary/aromatic N) is 2. The van der Waals surface area contributed by atoms with Crippen molar-refractivity contribution in [1.82, 2.24) is 15.2 Å². The summed E-state index contributed by atoms with van der Waals surface area (Å²) < 4.78 is 5.26. The van der Waals surface area contributed by atoms with Gasteiger partial charge < -0.3 is 4.74 Å². The Morgan fingerprint density at radius 1 is 1.42 bits per heavy atom. The van der Waals surface area contributed by atoms with Gasteiger partial charge >= 0.3 is 0 Å². The highest BCUT2D eigenvalue weighted by Gasteiger charge is 2.19. The first-order valence-electron chi connectivity index (χ1n) is 4.33. The van der Waals surface area contributed by atoms with Crippen LogP contribution in [-0.2, 0) is 4.74 Å². The Morgan fingerprint density at radius 3 is 2.75 bits per heavy atom. The van der Waals surface area contributed by atoms with Crippen LogP contribution in [0.3, 0.4) is 0 Å². The number of aromatic amines is 1. The number of nitrogens with one attached hydrogen (secondary N) is 1. The van der Waals surface area contributed by atoms with Gasteiger partial charge in [-0.1, -0.05) is 0 Å². The number of aromatic nitrogens is 3. The summed E-state index contributed by atoms with van der Waals surface area (Å²) in [5.41, 5.74) is 0. The van der Waals surface area contributed by atoms with Gasteiger partial charge in [0.1, 0.15) is 5.82 Å². The monoisotopic (exact) mass is 167 g/mol. The van der Waals surface area contributed by atoms with Gasteiger partial charge in [0.15, 0.2) is 5.82 Å². The molecule has 1 aromatic heterocycles. The Morgan fingerprint density at radius 2 is 2.17 bits per heavy atom. The first-order chi connectivity index (χ1) is 5.86. The number of hydrogen-bond donors (Lipinski definition) is 1. The lowest BCUT2D eigenvalue weighted by Gasteiger charge is -2.18. The SMILES string of the molecule is Cc1nc(C2CCOCC2)n[nH]1. The van der Waals surface area contributed by atoms with E-state index in [4.69, 9.17) is 4.74 Å². The molecule has 12 heavy (non-hydrogen) atoms. The maximum atomic E-state index is 5.26. The van der Waals surface area contributed by atoms with Crippen LogP contribution in [0.15, 0.2) is 0 Å². The molecule has 0 radical (unpaired) electrons. The van der Waals surface area contributed by atoms with E-state index in [2.05, 4.69) is 15.2 Å². The summed E-state index contributed by atoms with van der Waals surface area (Å²) in [6, 6.07) is 0. The van der Waals surface area contributed by atoms with Crippen molar-refractivity contribution in [1.29, 1.82) is 0 Å². The lowest BCUT2D eigenvalue weighted by atomic mass is 10.00. The van der Waals surface area contributed by atoms with Crippen LogP contribution >= 0.6 is 0 Å². The normalized spacial score (nSPS) is 19.8. The predicted octanol–water partition coefficient (Wildman–Crippen LogP) is 1.01. The second-order valence-corrected chi connectivity index (χ2v) is 3.17. The van der Waals surface area contributed by atoms with Crippen LogP contribution in [0.4, 0.5) is 0 Å². The van der Waals surface area contributed by atoms with Crippen molar-refractivity contribution < 1.29 is 4.74 Å². The molecule has 0 aromatic carbocycles. The van der Waals surface area contributed by atoms with Crippen LogP contribution in [-0.4, -0.2) is 28.4 Å². The number of H-pyrrole nitrogens is 1. The zero-order valence-corrected chi connectivity index (χ0v) is 7.21. The molecule has 0 saturated carbocycles. The molecular formula is C8H13N3O. The van der Waals surface area contributed by atoms with Gasteiger partial charge in [0.05, 0.1) is 0 Å². The summed E-state index contributed by atoms with van der Waals surface area (Å²) >= 11 is 0. The topological polar surface area (TPSA) is 50.8 Å². The van der Waals surface area contributed by atoms with Crippen molar-refractivity contribution in [3.63, 3.8) is 0 Å². The van der Waals surface area contributed by atoms with E-state index in [-0.39, 0.29) is 0 Å². The zero-order chi connectivity index (χ0) is 8.39. The Hall–Kier alpha value is -0.900. The fourth-order valence-electron chi connectivity index (χ4n) is 1.50. The van der Waals surface area contributed by atoms with Gasteiger partial charge in [0, 0.05) is 19.1 Å². The van der Waals surface area contributed by atoms with Crippen molar-refractivity contribution in [3.8, 4) is 0 Å². The lowest BCUT2D eigenvalue weighted by molar-refractivity contribution is 0.0836. The minimum atomic E-state index is 0.503. The van der Waals surface area contributed by atoms with E-state index in [1.807, 2.05) is 6.92 Å². The lowest BCUT2D eigenvalue weighted by Crippen LogP contribution is -2.15. The highest BCUT2D eigenvalue weighted by Crippen LogP contribution is 2.23. The van der Waals surface area contributed by atoms with Crippen LogP contribution in [0.5, 0.6) is 0 Å². The van der Waals surface area contributed by atoms with E-state index in [0.29, 0.717) is 5.92 Å². The van der Waals surface area contributed by atoms with Gasteiger partial charge in [-0.25, -0.2) is 4.98 Å². The Bertz CT molecular complexity index is 253. The smallest absolute Gasteiger partial charge is 0.153 e. The molecule has 4 heteroatoms. The van der Waals surface area contributed by atoms with Gasteiger partial charge in [-0.05, 0) is 19.8 Å². The Balaban J connectivity index is 2.08. The van der Waals surface area contributed by atoms with Crippen molar-refractivity contribution in [3.05, 3.63) is 11.6 Å². The third-order valence-corrected chi connectivity index (χ3v) is 2.20. The molecule has 2 rings (SSSR count). The molecule has 2 heterocycles. The molecule has 1 saturated heterocycles. The Labute approximate surface area is 71.3 Å². The molecule has 1 fully saturated rings. The zero-order valence-electron chi connectivity index (χ0n) is 7.21. The minimum absolute atomic E-state index is 0.503. The van der Waals surface area contributed by atoms with Gasteiger partial charge in [-0.15, -0.1) is 0 Å². The summed E-state index contributed by atoms with van der Waals surface area (Å²) in [5, 5.41) is 7.01. The van der Waals surface area contributed by atoms with Crippen molar-refractivity contribution in [2.45, 2.75) is 25.7 Å². The van der Waals surface area contributed by atoms with Crippen LogP contribution in [0, 0.1) is 6.92 Å². The molecular weight excluding hydrogens is 154 g/mol. The molecule has 1 aromatic rings. The van der Waals surface area contributed by atoms with Crippen molar-refractivity contribution >= 4 is 0 Å². The summed E-state index contributed by atoms with van der Waals surface area (Å²) in [6.07, 6.45) is 2.11. The van der Waals surface area contributed by atoms with E-state index in [1.54, 1.807) is 0 Å². The number of aryl methyl sites for hydroxylation is 1. The maximum absolute atomic E-state index is 5.26. The summed E-state index contributed by atoms with van der Waals surface area (Å²) in [5.74, 6) is 2.36. The Kier molecular flexibility index (Phi) is 2.08.